The van der Waals surface area contributed by atoms with Crippen molar-refractivity contribution in [3.8, 4) is 5.75 Å². The van der Waals surface area contributed by atoms with Crippen LogP contribution in [0, 0.1) is 6.92 Å². The van der Waals surface area contributed by atoms with Crippen LogP contribution in [0.5, 0.6) is 5.75 Å². The topological polar surface area (TPSA) is 72.8 Å². The number of rotatable bonds is 8. The van der Waals surface area contributed by atoms with Crippen molar-refractivity contribution >= 4 is 11.8 Å². The van der Waals surface area contributed by atoms with Gasteiger partial charge in [0.2, 0.25) is 5.76 Å². The van der Waals surface area contributed by atoms with Gasteiger partial charge in [-0.05, 0) is 48.6 Å². The molecule has 5 heteroatoms. The summed E-state index contributed by atoms with van der Waals surface area (Å²) in [6.45, 7) is 8.07. The normalized spacial score (nSPS) is 11.4. The van der Waals surface area contributed by atoms with Crippen LogP contribution in [0.4, 0.5) is 0 Å². The van der Waals surface area contributed by atoms with Gasteiger partial charge in [-0.2, -0.15) is 0 Å². The number of carbonyl (C=O) groups excluding carboxylic acids is 2. The average Bonchev–Trinajstić information content (AvgIpc) is 2.66. The van der Waals surface area contributed by atoms with Gasteiger partial charge in [0.15, 0.2) is 5.78 Å². The number of ether oxygens (including phenoxy) is 2. The largest absolute Gasteiger partial charge is 0.502 e. The Kier molecular flexibility index (Phi) is 7.38. The predicted molar refractivity (Wildman–Crippen MR) is 108 cm³/mol. The number of hydrogen-bond acceptors (Lipinski definition) is 5. The highest BCUT2D eigenvalue weighted by Crippen LogP contribution is 2.29. The summed E-state index contributed by atoms with van der Waals surface area (Å²) in [4.78, 5) is 24.4. The third-order valence-electron chi connectivity index (χ3n) is 4.25. The number of benzene rings is 2. The minimum absolute atomic E-state index is 0.110. The molecule has 0 amide bonds. The third kappa shape index (κ3) is 5.46. The molecular weight excluding hydrogens is 356 g/mol. The molecule has 0 saturated heterocycles. The maximum atomic E-state index is 12.8. The Bertz CT molecular complexity index is 866. The van der Waals surface area contributed by atoms with Crippen molar-refractivity contribution < 1.29 is 24.2 Å². The lowest BCUT2D eigenvalue weighted by Gasteiger charge is -2.16. The number of carbonyl (C=O) groups is 2. The lowest BCUT2D eigenvalue weighted by atomic mass is 9.93. The van der Waals surface area contributed by atoms with Crippen LogP contribution in [0.1, 0.15) is 53.7 Å². The number of allylic oxidation sites excluding steroid dienone is 1. The summed E-state index contributed by atoms with van der Waals surface area (Å²) in [6, 6.07) is 13.2. The molecule has 5 nitrogen and oxygen atoms in total. The maximum absolute atomic E-state index is 12.8. The molecule has 2 aromatic rings. The van der Waals surface area contributed by atoms with Crippen LogP contribution in [-0.2, 0) is 16.1 Å². The van der Waals surface area contributed by atoms with E-state index in [1.54, 1.807) is 13.0 Å². The first-order chi connectivity index (χ1) is 13.3. The van der Waals surface area contributed by atoms with Crippen LogP contribution in [0.2, 0.25) is 0 Å². The zero-order valence-electron chi connectivity index (χ0n) is 16.7. The van der Waals surface area contributed by atoms with Crippen molar-refractivity contribution in [2.75, 3.05) is 6.61 Å². The van der Waals surface area contributed by atoms with Gasteiger partial charge in [-0.3, -0.25) is 4.79 Å². The molecule has 0 aromatic heterocycles. The maximum Gasteiger partial charge on any atom is 0.373 e. The molecule has 2 aromatic carbocycles. The number of ketones is 1. The van der Waals surface area contributed by atoms with E-state index in [9.17, 15) is 14.7 Å². The monoisotopic (exact) mass is 382 g/mol. The van der Waals surface area contributed by atoms with Crippen LogP contribution >= 0.6 is 0 Å². The number of aryl methyl sites for hydroxylation is 1. The van der Waals surface area contributed by atoms with E-state index in [4.69, 9.17) is 9.47 Å². The van der Waals surface area contributed by atoms with E-state index in [2.05, 4.69) is 0 Å². The van der Waals surface area contributed by atoms with E-state index < -0.39 is 17.5 Å². The molecule has 0 saturated carbocycles. The van der Waals surface area contributed by atoms with Crippen LogP contribution < -0.4 is 4.74 Å². The molecule has 0 spiro atoms. The van der Waals surface area contributed by atoms with Crippen molar-refractivity contribution in [1.29, 1.82) is 0 Å². The van der Waals surface area contributed by atoms with Crippen LogP contribution in [-0.4, -0.2) is 23.5 Å². The van der Waals surface area contributed by atoms with Crippen LogP contribution in [0.3, 0.4) is 0 Å². The predicted octanol–water partition coefficient (Wildman–Crippen LogP) is 4.89. The SMILES string of the molecule is CCOC(=O)/C(O)=C/C(=O)c1cc(C(C)C)c(C)cc1OCc1ccccc1. The number of esters is 1. The minimum atomic E-state index is -0.932. The molecule has 0 aliphatic carbocycles. The van der Waals surface area contributed by atoms with Gasteiger partial charge in [0, 0.05) is 6.08 Å². The van der Waals surface area contributed by atoms with Crippen molar-refractivity contribution in [1.82, 2.24) is 0 Å². The molecule has 0 radical (unpaired) electrons. The zero-order valence-corrected chi connectivity index (χ0v) is 16.7. The molecule has 0 fully saturated rings. The summed E-state index contributed by atoms with van der Waals surface area (Å²) >= 11 is 0. The summed E-state index contributed by atoms with van der Waals surface area (Å²) in [5, 5.41) is 9.84. The lowest BCUT2D eigenvalue weighted by molar-refractivity contribution is -0.141. The smallest absolute Gasteiger partial charge is 0.373 e. The average molecular weight is 382 g/mol. The standard InChI is InChI=1S/C23H26O5/c1-5-27-23(26)21(25)13-20(24)19-12-18(15(2)3)16(4)11-22(19)28-14-17-9-7-6-8-10-17/h6-13,15,25H,5,14H2,1-4H3/b21-13-. The van der Waals surface area contributed by atoms with E-state index >= 15 is 0 Å². The molecule has 28 heavy (non-hydrogen) atoms. The van der Waals surface area contributed by atoms with Crippen LogP contribution in [0.15, 0.2) is 54.3 Å². The molecule has 2 rings (SSSR count). The Hall–Kier alpha value is -3.08. The molecule has 148 valence electrons. The first-order valence-electron chi connectivity index (χ1n) is 9.26. The number of aliphatic hydroxyl groups excluding tert-OH is 1. The van der Waals surface area contributed by atoms with E-state index in [1.165, 1.54) is 0 Å². The van der Waals surface area contributed by atoms with Gasteiger partial charge in [-0.15, -0.1) is 0 Å². The highest BCUT2D eigenvalue weighted by Gasteiger charge is 2.18. The molecule has 0 atom stereocenters. The molecular formula is C23H26O5. The van der Waals surface area contributed by atoms with Crippen molar-refractivity contribution in [2.24, 2.45) is 0 Å². The fourth-order valence-electron chi connectivity index (χ4n) is 2.83. The van der Waals surface area contributed by atoms with E-state index in [1.807, 2.05) is 57.2 Å². The van der Waals surface area contributed by atoms with Gasteiger partial charge in [-0.25, -0.2) is 4.79 Å². The first kappa shape index (κ1) is 21.2. The van der Waals surface area contributed by atoms with Crippen molar-refractivity contribution in [3.05, 3.63) is 76.6 Å². The summed E-state index contributed by atoms with van der Waals surface area (Å²) in [7, 11) is 0. The van der Waals surface area contributed by atoms with Gasteiger partial charge < -0.3 is 14.6 Å². The van der Waals surface area contributed by atoms with Crippen LogP contribution in [0.25, 0.3) is 0 Å². The van der Waals surface area contributed by atoms with E-state index in [0.717, 1.165) is 22.8 Å². The van der Waals surface area contributed by atoms with E-state index in [0.29, 0.717) is 17.9 Å². The molecule has 0 unspecified atom stereocenters. The second-order valence-electron chi connectivity index (χ2n) is 6.75. The van der Waals surface area contributed by atoms with Gasteiger partial charge in [0.1, 0.15) is 12.4 Å². The summed E-state index contributed by atoms with van der Waals surface area (Å²) < 4.78 is 10.6. The molecule has 1 N–H and O–H groups in total. The number of aliphatic hydroxyl groups is 1. The molecule has 0 aliphatic rings. The number of hydrogen-bond donors (Lipinski definition) is 1. The lowest BCUT2D eigenvalue weighted by Crippen LogP contribution is -2.11. The minimum Gasteiger partial charge on any atom is -0.502 e. The third-order valence-corrected chi connectivity index (χ3v) is 4.25. The first-order valence-corrected chi connectivity index (χ1v) is 9.26. The second kappa shape index (κ2) is 9.74. The van der Waals surface area contributed by atoms with Gasteiger partial charge in [0.05, 0.1) is 12.2 Å². The molecule has 0 bridgehead atoms. The molecule has 0 heterocycles. The summed E-state index contributed by atoms with van der Waals surface area (Å²) in [6.07, 6.45) is 0.877. The van der Waals surface area contributed by atoms with E-state index in [-0.39, 0.29) is 12.5 Å². The van der Waals surface area contributed by atoms with Gasteiger partial charge >= 0.3 is 5.97 Å². The van der Waals surface area contributed by atoms with Gasteiger partial charge in [-0.1, -0.05) is 44.2 Å². The van der Waals surface area contributed by atoms with Crippen molar-refractivity contribution in [3.63, 3.8) is 0 Å². The Labute approximate surface area is 165 Å². The quantitative estimate of drug-likeness (QED) is 0.305. The Morgan fingerprint density at radius 1 is 1.14 bits per heavy atom. The second-order valence-corrected chi connectivity index (χ2v) is 6.75. The Morgan fingerprint density at radius 2 is 1.82 bits per heavy atom. The fourth-order valence-corrected chi connectivity index (χ4v) is 2.83. The van der Waals surface area contributed by atoms with Crippen molar-refractivity contribution in [2.45, 2.75) is 40.2 Å². The fraction of sp³-hybridized carbons (Fsp3) is 0.304. The molecule has 0 aliphatic heterocycles. The highest BCUT2D eigenvalue weighted by atomic mass is 16.5. The zero-order chi connectivity index (χ0) is 20.7. The van der Waals surface area contributed by atoms with Gasteiger partial charge in [0.25, 0.3) is 0 Å². The highest BCUT2D eigenvalue weighted by molar-refractivity contribution is 6.09. The Balaban J connectivity index is 2.38. The summed E-state index contributed by atoms with van der Waals surface area (Å²) in [5.74, 6) is -1.57. The Morgan fingerprint density at radius 3 is 2.43 bits per heavy atom. The summed E-state index contributed by atoms with van der Waals surface area (Å²) in [5.41, 5.74) is 3.27.